The van der Waals surface area contributed by atoms with Gasteiger partial charge in [-0.1, -0.05) is 48.0 Å². The lowest BCUT2D eigenvalue weighted by Gasteiger charge is -2.23. The molecule has 1 N–H and O–H groups in total. The number of nitrogens with one attached hydrogen (secondary N) is 1. The highest BCUT2D eigenvalue weighted by atomic mass is 16.2. The third-order valence-electron chi connectivity index (χ3n) is 5.03. The first-order chi connectivity index (χ1) is 13.1. The Morgan fingerprint density at radius 3 is 2.74 bits per heavy atom. The number of fused-ring (bicyclic) bond motifs is 1. The standard InChI is InChI=1S/C23H23N3O/c1-16-7-9-18(10-8-16)13-25-21-12-20(14-24-15-21)23(27)26-17(2)11-19-5-3-4-6-22(19)26/h3-10,12,14-15,17,25H,11,13H2,1-2H3. The molecule has 1 aliphatic rings. The van der Waals surface area contributed by atoms with Gasteiger partial charge in [-0.3, -0.25) is 9.78 Å². The Morgan fingerprint density at radius 2 is 1.93 bits per heavy atom. The number of amides is 1. The van der Waals surface area contributed by atoms with Crippen molar-refractivity contribution >= 4 is 17.3 Å². The molecule has 4 heteroatoms. The van der Waals surface area contributed by atoms with Crippen molar-refractivity contribution in [3.05, 3.63) is 89.2 Å². The first-order valence-corrected chi connectivity index (χ1v) is 9.28. The largest absolute Gasteiger partial charge is 0.380 e. The normalized spacial score (nSPS) is 15.5. The Kier molecular flexibility index (Phi) is 4.63. The molecule has 0 saturated carbocycles. The second kappa shape index (κ2) is 7.23. The van der Waals surface area contributed by atoms with Gasteiger partial charge in [-0.2, -0.15) is 0 Å². The van der Waals surface area contributed by atoms with E-state index >= 15 is 0 Å². The van der Waals surface area contributed by atoms with Crippen LogP contribution in [0.3, 0.4) is 0 Å². The zero-order chi connectivity index (χ0) is 18.8. The van der Waals surface area contributed by atoms with E-state index in [1.54, 1.807) is 12.4 Å². The lowest BCUT2D eigenvalue weighted by molar-refractivity contribution is 0.0981. The summed E-state index contributed by atoms with van der Waals surface area (Å²) >= 11 is 0. The van der Waals surface area contributed by atoms with Gasteiger partial charge in [0.05, 0.1) is 11.3 Å². The quantitative estimate of drug-likeness (QED) is 0.742. The van der Waals surface area contributed by atoms with E-state index in [1.165, 1.54) is 16.7 Å². The minimum atomic E-state index is -0.000985. The van der Waals surface area contributed by atoms with Crippen LogP contribution in [0.15, 0.2) is 67.0 Å². The van der Waals surface area contributed by atoms with E-state index in [0.29, 0.717) is 12.1 Å². The number of pyridine rings is 1. The third-order valence-corrected chi connectivity index (χ3v) is 5.03. The van der Waals surface area contributed by atoms with Gasteiger partial charge < -0.3 is 10.2 Å². The number of aryl methyl sites for hydroxylation is 1. The van der Waals surface area contributed by atoms with Gasteiger partial charge >= 0.3 is 0 Å². The molecular weight excluding hydrogens is 334 g/mol. The zero-order valence-corrected chi connectivity index (χ0v) is 15.6. The highest BCUT2D eigenvalue weighted by Gasteiger charge is 2.31. The van der Waals surface area contributed by atoms with Crippen molar-refractivity contribution in [2.45, 2.75) is 32.9 Å². The number of hydrogen-bond donors (Lipinski definition) is 1. The maximum Gasteiger partial charge on any atom is 0.260 e. The monoisotopic (exact) mass is 357 g/mol. The van der Waals surface area contributed by atoms with Crippen LogP contribution < -0.4 is 10.2 Å². The molecule has 0 aliphatic carbocycles. The lowest BCUT2D eigenvalue weighted by Crippen LogP contribution is -2.35. The van der Waals surface area contributed by atoms with Gasteiger partial charge in [-0.05, 0) is 43.5 Å². The van der Waals surface area contributed by atoms with E-state index in [0.717, 1.165) is 17.8 Å². The van der Waals surface area contributed by atoms with E-state index in [-0.39, 0.29) is 11.9 Å². The summed E-state index contributed by atoms with van der Waals surface area (Å²) in [5.74, 6) is -0.000985. The van der Waals surface area contributed by atoms with Crippen molar-refractivity contribution in [2.75, 3.05) is 10.2 Å². The van der Waals surface area contributed by atoms with Crippen LogP contribution in [0.25, 0.3) is 0 Å². The molecular formula is C23H23N3O. The number of hydrogen-bond acceptors (Lipinski definition) is 3. The van der Waals surface area contributed by atoms with Crippen LogP contribution in [0.4, 0.5) is 11.4 Å². The van der Waals surface area contributed by atoms with Crippen LogP contribution in [-0.4, -0.2) is 16.9 Å². The van der Waals surface area contributed by atoms with Gasteiger partial charge in [0.1, 0.15) is 0 Å². The fraction of sp³-hybridized carbons (Fsp3) is 0.217. The number of aromatic nitrogens is 1. The average molecular weight is 357 g/mol. The fourth-order valence-electron chi connectivity index (χ4n) is 3.58. The van der Waals surface area contributed by atoms with Crippen LogP contribution in [-0.2, 0) is 13.0 Å². The third kappa shape index (κ3) is 3.56. The van der Waals surface area contributed by atoms with Gasteiger partial charge in [-0.15, -0.1) is 0 Å². The van der Waals surface area contributed by atoms with Gasteiger partial charge in [0, 0.05) is 30.7 Å². The van der Waals surface area contributed by atoms with Crippen molar-refractivity contribution in [2.24, 2.45) is 0 Å². The van der Waals surface area contributed by atoms with E-state index in [1.807, 2.05) is 29.2 Å². The molecule has 2 aromatic carbocycles. The molecule has 4 rings (SSSR count). The first-order valence-electron chi connectivity index (χ1n) is 9.28. The average Bonchev–Trinajstić information content (AvgIpc) is 3.03. The molecule has 0 bridgehead atoms. The number of carbonyl (C=O) groups excluding carboxylic acids is 1. The summed E-state index contributed by atoms with van der Waals surface area (Å²) in [6, 6.07) is 18.6. The highest BCUT2D eigenvalue weighted by Crippen LogP contribution is 2.33. The molecule has 1 amide bonds. The Morgan fingerprint density at radius 1 is 1.15 bits per heavy atom. The van der Waals surface area contributed by atoms with Crippen LogP contribution in [0.5, 0.6) is 0 Å². The smallest absolute Gasteiger partial charge is 0.260 e. The van der Waals surface area contributed by atoms with Crippen molar-refractivity contribution in [1.82, 2.24) is 4.98 Å². The van der Waals surface area contributed by atoms with Crippen molar-refractivity contribution < 1.29 is 4.79 Å². The molecule has 0 spiro atoms. The number of benzene rings is 2. The topological polar surface area (TPSA) is 45.2 Å². The summed E-state index contributed by atoms with van der Waals surface area (Å²) in [6.07, 6.45) is 4.29. The minimum absolute atomic E-state index is 0.000985. The van der Waals surface area contributed by atoms with Crippen molar-refractivity contribution in [3.63, 3.8) is 0 Å². The molecule has 0 radical (unpaired) electrons. The molecule has 0 saturated heterocycles. The lowest BCUT2D eigenvalue weighted by atomic mass is 10.1. The molecule has 1 atom stereocenters. The van der Waals surface area contributed by atoms with E-state index in [2.05, 4.69) is 54.5 Å². The Balaban J connectivity index is 1.52. The molecule has 4 nitrogen and oxygen atoms in total. The van der Waals surface area contributed by atoms with Crippen LogP contribution in [0, 0.1) is 6.92 Å². The maximum atomic E-state index is 13.1. The summed E-state index contributed by atoms with van der Waals surface area (Å²) in [4.78, 5) is 19.3. The van der Waals surface area contributed by atoms with Crippen LogP contribution in [0.1, 0.15) is 34.0 Å². The van der Waals surface area contributed by atoms with Gasteiger partial charge in [-0.25, -0.2) is 0 Å². The molecule has 2 heterocycles. The minimum Gasteiger partial charge on any atom is -0.380 e. The molecule has 1 aromatic heterocycles. The molecule has 27 heavy (non-hydrogen) atoms. The SMILES string of the molecule is Cc1ccc(CNc2cncc(C(=O)N3c4ccccc4CC3C)c2)cc1. The van der Waals surface area contributed by atoms with E-state index in [4.69, 9.17) is 0 Å². The summed E-state index contributed by atoms with van der Waals surface area (Å²) < 4.78 is 0. The Hall–Kier alpha value is -3.14. The number of nitrogens with zero attached hydrogens (tertiary/aromatic N) is 2. The predicted octanol–water partition coefficient (Wildman–Crippen LogP) is 4.59. The summed E-state index contributed by atoms with van der Waals surface area (Å²) in [7, 11) is 0. The molecule has 3 aromatic rings. The Labute approximate surface area is 159 Å². The molecule has 0 fully saturated rings. The highest BCUT2D eigenvalue weighted by molar-refractivity contribution is 6.08. The van der Waals surface area contributed by atoms with Crippen LogP contribution >= 0.6 is 0 Å². The summed E-state index contributed by atoms with van der Waals surface area (Å²) in [6.45, 7) is 4.86. The second-order valence-electron chi connectivity index (χ2n) is 7.16. The van der Waals surface area contributed by atoms with E-state index < -0.39 is 0 Å². The number of carbonyl (C=O) groups is 1. The summed E-state index contributed by atoms with van der Waals surface area (Å²) in [5.41, 5.74) is 6.12. The van der Waals surface area contributed by atoms with Gasteiger partial charge in [0.2, 0.25) is 0 Å². The Bertz CT molecular complexity index is 965. The predicted molar refractivity (Wildman–Crippen MR) is 109 cm³/mol. The number of rotatable bonds is 4. The van der Waals surface area contributed by atoms with E-state index in [9.17, 15) is 4.79 Å². The molecule has 136 valence electrons. The molecule has 1 aliphatic heterocycles. The van der Waals surface area contributed by atoms with Crippen molar-refractivity contribution in [3.8, 4) is 0 Å². The molecule has 1 unspecified atom stereocenters. The fourth-order valence-corrected chi connectivity index (χ4v) is 3.58. The number of para-hydroxylation sites is 1. The number of anilines is 2. The second-order valence-corrected chi connectivity index (χ2v) is 7.16. The van der Waals surface area contributed by atoms with Gasteiger partial charge in [0.25, 0.3) is 5.91 Å². The van der Waals surface area contributed by atoms with Crippen molar-refractivity contribution in [1.29, 1.82) is 0 Å². The zero-order valence-electron chi connectivity index (χ0n) is 15.6. The van der Waals surface area contributed by atoms with Gasteiger partial charge in [0.15, 0.2) is 0 Å². The maximum absolute atomic E-state index is 13.1. The van der Waals surface area contributed by atoms with Crippen LogP contribution in [0.2, 0.25) is 0 Å². The summed E-state index contributed by atoms with van der Waals surface area (Å²) in [5, 5.41) is 3.36. The first kappa shape index (κ1) is 17.3.